The molecular formula is C8H15ClN+. The Morgan fingerprint density at radius 1 is 1.40 bits per heavy atom. The van der Waals surface area contributed by atoms with Crippen LogP contribution in [0.25, 0.3) is 0 Å². The lowest BCUT2D eigenvalue weighted by Crippen LogP contribution is -2.38. The molecule has 0 amide bonds. The number of hydrogen-bond acceptors (Lipinski definition) is 0. The molecule has 0 unspecified atom stereocenters. The molecule has 1 aliphatic heterocycles. The van der Waals surface area contributed by atoms with Gasteiger partial charge >= 0.3 is 0 Å². The molecule has 1 aliphatic rings. The maximum atomic E-state index is 5.55. The van der Waals surface area contributed by atoms with Gasteiger partial charge in [0.25, 0.3) is 0 Å². The van der Waals surface area contributed by atoms with Crippen molar-refractivity contribution in [3.8, 4) is 0 Å². The lowest BCUT2D eigenvalue weighted by atomic mass is 10.4. The van der Waals surface area contributed by atoms with E-state index >= 15 is 0 Å². The number of hydrogen-bond donors (Lipinski definition) is 0. The van der Waals surface area contributed by atoms with Crippen LogP contribution in [0, 0.1) is 0 Å². The van der Waals surface area contributed by atoms with E-state index < -0.39 is 0 Å². The van der Waals surface area contributed by atoms with E-state index in [2.05, 4.69) is 13.1 Å². The maximum Gasteiger partial charge on any atom is 0.107 e. The Morgan fingerprint density at radius 2 is 2.00 bits per heavy atom. The fraction of sp³-hybridized carbons (Fsp3) is 0.750. The summed E-state index contributed by atoms with van der Waals surface area (Å²) in [7, 11) is 0. The fourth-order valence-electron chi connectivity index (χ4n) is 1.66. The van der Waals surface area contributed by atoms with Crippen molar-refractivity contribution in [1.29, 1.82) is 0 Å². The van der Waals surface area contributed by atoms with Crippen molar-refractivity contribution in [3.05, 3.63) is 11.7 Å². The van der Waals surface area contributed by atoms with Gasteiger partial charge in [0.15, 0.2) is 0 Å². The quantitative estimate of drug-likeness (QED) is 0.544. The fourth-order valence-corrected chi connectivity index (χ4v) is 1.89. The zero-order chi connectivity index (χ0) is 7.45. The van der Waals surface area contributed by atoms with Crippen LogP contribution in [-0.2, 0) is 0 Å². The SMILES string of the molecule is CC[N+]1(C=CCl)CCCC1. The molecule has 0 spiro atoms. The third-order valence-electron chi connectivity index (χ3n) is 2.46. The molecule has 1 nitrogen and oxygen atoms in total. The van der Waals surface area contributed by atoms with Crippen molar-refractivity contribution in [3.63, 3.8) is 0 Å². The van der Waals surface area contributed by atoms with Crippen LogP contribution >= 0.6 is 11.6 Å². The highest BCUT2D eigenvalue weighted by molar-refractivity contribution is 6.25. The Labute approximate surface area is 67.9 Å². The molecule has 2 heteroatoms. The van der Waals surface area contributed by atoms with Gasteiger partial charge in [0.05, 0.1) is 25.2 Å². The summed E-state index contributed by atoms with van der Waals surface area (Å²) in [5.41, 5.74) is 1.66. The second-order valence-electron chi connectivity index (χ2n) is 2.96. The van der Waals surface area contributed by atoms with Crippen molar-refractivity contribution in [2.75, 3.05) is 19.6 Å². The minimum Gasteiger partial charge on any atom is -0.297 e. The van der Waals surface area contributed by atoms with E-state index in [1.165, 1.54) is 32.5 Å². The van der Waals surface area contributed by atoms with Gasteiger partial charge in [-0.05, 0) is 6.92 Å². The van der Waals surface area contributed by atoms with Crippen LogP contribution in [-0.4, -0.2) is 24.1 Å². The predicted molar refractivity (Wildman–Crippen MR) is 44.8 cm³/mol. The van der Waals surface area contributed by atoms with Gasteiger partial charge in [-0.1, -0.05) is 11.6 Å². The zero-order valence-corrected chi connectivity index (χ0v) is 7.27. The first-order chi connectivity index (χ1) is 4.83. The molecule has 0 aromatic rings. The molecule has 10 heavy (non-hydrogen) atoms. The van der Waals surface area contributed by atoms with Crippen LogP contribution in [0.3, 0.4) is 0 Å². The molecule has 0 N–H and O–H groups in total. The Hall–Kier alpha value is -0.0100. The minimum absolute atomic E-state index is 1.10. The van der Waals surface area contributed by atoms with E-state index in [4.69, 9.17) is 11.6 Å². The Kier molecular flexibility index (Phi) is 2.75. The lowest BCUT2D eigenvalue weighted by molar-refractivity contribution is -0.865. The molecule has 1 saturated heterocycles. The number of likely N-dealkylation sites (tertiary alicyclic amines) is 1. The molecule has 0 atom stereocenters. The number of halogens is 1. The number of nitrogens with zero attached hydrogens (tertiary/aromatic N) is 1. The molecule has 0 aromatic heterocycles. The maximum absolute atomic E-state index is 5.55. The molecular weight excluding hydrogens is 146 g/mol. The van der Waals surface area contributed by atoms with Gasteiger partial charge in [-0.25, -0.2) is 0 Å². The minimum atomic E-state index is 1.10. The number of rotatable bonds is 2. The normalized spacial score (nSPS) is 24.2. The first kappa shape index (κ1) is 8.09. The smallest absolute Gasteiger partial charge is 0.107 e. The van der Waals surface area contributed by atoms with Gasteiger partial charge in [-0.3, -0.25) is 4.48 Å². The first-order valence-electron chi connectivity index (χ1n) is 3.97. The summed E-state index contributed by atoms with van der Waals surface area (Å²) in [5.74, 6) is 0. The van der Waals surface area contributed by atoms with Gasteiger partial charge in [0.1, 0.15) is 6.20 Å². The largest absolute Gasteiger partial charge is 0.297 e. The van der Waals surface area contributed by atoms with Gasteiger partial charge in [-0.15, -0.1) is 0 Å². The van der Waals surface area contributed by atoms with Crippen LogP contribution in [0.4, 0.5) is 0 Å². The average molecular weight is 161 g/mol. The van der Waals surface area contributed by atoms with Crippen molar-refractivity contribution in [2.24, 2.45) is 0 Å². The second kappa shape index (κ2) is 3.40. The van der Waals surface area contributed by atoms with E-state index in [-0.39, 0.29) is 0 Å². The molecule has 1 heterocycles. The molecule has 0 aliphatic carbocycles. The number of quaternary nitrogens is 1. The summed E-state index contributed by atoms with van der Waals surface area (Å²) in [6, 6.07) is 0. The van der Waals surface area contributed by atoms with Gasteiger partial charge in [0.2, 0.25) is 0 Å². The molecule has 1 rings (SSSR count). The molecule has 0 radical (unpaired) electrons. The average Bonchev–Trinajstić information content (AvgIpc) is 2.39. The van der Waals surface area contributed by atoms with Crippen molar-refractivity contribution in [2.45, 2.75) is 19.8 Å². The van der Waals surface area contributed by atoms with Crippen LogP contribution in [0.5, 0.6) is 0 Å². The molecule has 0 bridgehead atoms. The summed E-state index contributed by atoms with van der Waals surface area (Å²) < 4.78 is 1.10. The second-order valence-corrected chi connectivity index (χ2v) is 3.22. The van der Waals surface area contributed by atoms with Crippen LogP contribution in [0.15, 0.2) is 11.7 Å². The van der Waals surface area contributed by atoms with E-state index in [1.54, 1.807) is 5.54 Å². The molecule has 0 saturated carbocycles. The van der Waals surface area contributed by atoms with E-state index in [9.17, 15) is 0 Å². The summed E-state index contributed by atoms with van der Waals surface area (Å²) in [4.78, 5) is 0. The summed E-state index contributed by atoms with van der Waals surface area (Å²) >= 11 is 5.55. The van der Waals surface area contributed by atoms with Gasteiger partial charge in [-0.2, -0.15) is 0 Å². The van der Waals surface area contributed by atoms with Crippen molar-refractivity contribution in [1.82, 2.24) is 0 Å². The Morgan fingerprint density at radius 3 is 2.40 bits per heavy atom. The third-order valence-corrected chi connectivity index (χ3v) is 2.57. The third kappa shape index (κ3) is 1.53. The summed E-state index contributed by atoms with van der Waals surface area (Å²) in [5, 5.41) is 0. The Balaban J connectivity index is 2.57. The first-order valence-corrected chi connectivity index (χ1v) is 4.40. The topological polar surface area (TPSA) is 0 Å². The Bertz CT molecular complexity index is 125. The zero-order valence-electron chi connectivity index (χ0n) is 6.52. The van der Waals surface area contributed by atoms with E-state index in [0.717, 1.165) is 4.48 Å². The predicted octanol–water partition coefficient (Wildman–Crippen LogP) is 2.33. The monoisotopic (exact) mass is 160 g/mol. The van der Waals surface area contributed by atoms with E-state index in [1.807, 2.05) is 0 Å². The van der Waals surface area contributed by atoms with Crippen LogP contribution in [0.2, 0.25) is 0 Å². The van der Waals surface area contributed by atoms with Crippen molar-refractivity contribution < 1.29 is 4.48 Å². The molecule has 1 fully saturated rings. The highest BCUT2D eigenvalue weighted by atomic mass is 35.5. The van der Waals surface area contributed by atoms with Crippen molar-refractivity contribution >= 4 is 11.6 Å². The van der Waals surface area contributed by atoms with Gasteiger partial charge < -0.3 is 0 Å². The summed E-state index contributed by atoms with van der Waals surface area (Å²) in [6.07, 6.45) is 4.83. The summed E-state index contributed by atoms with van der Waals surface area (Å²) in [6.45, 7) is 5.96. The van der Waals surface area contributed by atoms with Gasteiger partial charge in [0, 0.05) is 12.8 Å². The van der Waals surface area contributed by atoms with Crippen LogP contribution in [0.1, 0.15) is 19.8 Å². The molecule has 58 valence electrons. The van der Waals surface area contributed by atoms with E-state index in [0.29, 0.717) is 0 Å². The standard InChI is InChI=1S/C8H15ClN/c1-2-10(8-5-9)6-3-4-7-10/h5,8H,2-4,6-7H2,1H3/q+1. The lowest BCUT2D eigenvalue weighted by Gasteiger charge is -2.27. The van der Waals surface area contributed by atoms with Crippen LogP contribution < -0.4 is 0 Å². The highest BCUT2D eigenvalue weighted by Gasteiger charge is 2.26. The highest BCUT2D eigenvalue weighted by Crippen LogP contribution is 2.19. The molecule has 0 aromatic carbocycles.